The standard InChI is InChI=1S/C24H28N4O4/c1-13-10-17(6-8-19(13)21(25)29)27-23(31)15-4-3-5-16(12-15)24(32)28-18-7-9-20(22(26)30)14(2)11-18/h6-11,15-16H,3-5,12H2,1-2H3,(H2,25,29)(H2,26,30)(H,27,31)(H,28,32). The predicted octanol–water partition coefficient (Wildman–Crippen LogP) is 2.88. The molecule has 0 aromatic heterocycles. The Morgan fingerprint density at radius 3 is 1.50 bits per heavy atom. The van der Waals surface area contributed by atoms with Gasteiger partial charge in [-0.1, -0.05) is 6.42 Å². The van der Waals surface area contributed by atoms with Crippen LogP contribution in [0.2, 0.25) is 0 Å². The van der Waals surface area contributed by atoms with E-state index >= 15 is 0 Å². The van der Waals surface area contributed by atoms with Crippen LogP contribution in [-0.4, -0.2) is 23.6 Å². The van der Waals surface area contributed by atoms with Gasteiger partial charge in [-0.15, -0.1) is 0 Å². The minimum absolute atomic E-state index is 0.143. The number of benzene rings is 2. The zero-order valence-electron chi connectivity index (χ0n) is 18.2. The van der Waals surface area contributed by atoms with Crippen molar-refractivity contribution < 1.29 is 19.2 Å². The van der Waals surface area contributed by atoms with Gasteiger partial charge in [0.1, 0.15) is 0 Å². The summed E-state index contributed by atoms with van der Waals surface area (Å²) in [6, 6.07) is 9.91. The average molecular weight is 437 g/mol. The highest BCUT2D eigenvalue weighted by atomic mass is 16.2. The number of nitrogens with one attached hydrogen (secondary N) is 2. The summed E-state index contributed by atoms with van der Waals surface area (Å²) < 4.78 is 0. The van der Waals surface area contributed by atoms with Crippen molar-refractivity contribution in [2.24, 2.45) is 23.3 Å². The highest BCUT2D eigenvalue weighted by Crippen LogP contribution is 2.31. The molecule has 32 heavy (non-hydrogen) atoms. The van der Waals surface area contributed by atoms with Gasteiger partial charge in [0.2, 0.25) is 23.6 Å². The lowest BCUT2D eigenvalue weighted by atomic mass is 9.80. The van der Waals surface area contributed by atoms with Crippen molar-refractivity contribution in [1.29, 1.82) is 0 Å². The fraction of sp³-hybridized carbons (Fsp3) is 0.333. The normalized spacial score (nSPS) is 17.9. The van der Waals surface area contributed by atoms with E-state index in [9.17, 15) is 19.2 Å². The van der Waals surface area contributed by atoms with Gasteiger partial charge in [-0.05, 0) is 80.6 Å². The van der Waals surface area contributed by atoms with Crippen LogP contribution in [0.15, 0.2) is 36.4 Å². The monoisotopic (exact) mass is 436 g/mol. The van der Waals surface area contributed by atoms with Crippen molar-refractivity contribution in [3.8, 4) is 0 Å². The van der Waals surface area contributed by atoms with E-state index in [-0.39, 0.29) is 23.7 Å². The molecule has 2 aromatic carbocycles. The van der Waals surface area contributed by atoms with Gasteiger partial charge in [0.25, 0.3) is 0 Å². The van der Waals surface area contributed by atoms with Crippen LogP contribution in [-0.2, 0) is 9.59 Å². The van der Waals surface area contributed by atoms with E-state index in [2.05, 4.69) is 10.6 Å². The molecule has 0 spiro atoms. The van der Waals surface area contributed by atoms with Gasteiger partial charge in [-0.3, -0.25) is 19.2 Å². The maximum atomic E-state index is 12.8. The lowest BCUT2D eigenvalue weighted by Gasteiger charge is -2.27. The first-order valence-electron chi connectivity index (χ1n) is 10.6. The zero-order valence-corrected chi connectivity index (χ0v) is 18.2. The molecule has 4 amide bonds. The molecule has 1 saturated carbocycles. The Kier molecular flexibility index (Phi) is 6.92. The molecule has 8 heteroatoms. The summed E-state index contributed by atoms with van der Waals surface area (Å²) in [7, 11) is 0. The molecular formula is C24H28N4O4. The first-order valence-corrected chi connectivity index (χ1v) is 10.6. The second kappa shape index (κ2) is 9.64. The number of aryl methyl sites for hydroxylation is 2. The van der Waals surface area contributed by atoms with Gasteiger partial charge < -0.3 is 22.1 Å². The number of carbonyl (C=O) groups is 4. The molecule has 0 saturated heterocycles. The SMILES string of the molecule is Cc1cc(NC(=O)C2CCCC(C(=O)Nc3ccc(C(N)=O)c(C)c3)C2)ccc1C(N)=O. The van der Waals surface area contributed by atoms with E-state index in [1.165, 1.54) is 0 Å². The van der Waals surface area contributed by atoms with Crippen LogP contribution < -0.4 is 22.1 Å². The predicted molar refractivity (Wildman–Crippen MR) is 122 cm³/mol. The number of primary amides is 2. The van der Waals surface area contributed by atoms with Gasteiger partial charge in [0.15, 0.2) is 0 Å². The van der Waals surface area contributed by atoms with Crippen LogP contribution in [0.3, 0.4) is 0 Å². The van der Waals surface area contributed by atoms with Gasteiger partial charge in [0.05, 0.1) is 0 Å². The molecule has 6 N–H and O–H groups in total. The van der Waals surface area contributed by atoms with Crippen LogP contribution in [0.4, 0.5) is 11.4 Å². The number of hydrogen-bond donors (Lipinski definition) is 4. The van der Waals surface area contributed by atoms with Crippen LogP contribution in [0.5, 0.6) is 0 Å². The van der Waals surface area contributed by atoms with Crippen molar-refractivity contribution in [1.82, 2.24) is 0 Å². The van der Waals surface area contributed by atoms with E-state index in [1.807, 2.05) is 0 Å². The number of hydrogen-bond acceptors (Lipinski definition) is 4. The van der Waals surface area contributed by atoms with Gasteiger partial charge >= 0.3 is 0 Å². The third-order valence-corrected chi connectivity index (χ3v) is 5.93. The van der Waals surface area contributed by atoms with Crippen LogP contribution in [0.1, 0.15) is 57.5 Å². The van der Waals surface area contributed by atoms with E-state index < -0.39 is 11.8 Å². The van der Waals surface area contributed by atoms with Crippen LogP contribution >= 0.6 is 0 Å². The lowest BCUT2D eigenvalue weighted by Crippen LogP contribution is -2.33. The van der Waals surface area contributed by atoms with Crippen LogP contribution in [0, 0.1) is 25.7 Å². The zero-order chi connectivity index (χ0) is 23.4. The molecule has 2 aromatic rings. The molecule has 168 valence electrons. The molecule has 0 heterocycles. The quantitative estimate of drug-likeness (QED) is 0.552. The second-order valence-corrected chi connectivity index (χ2v) is 8.33. The maximum Gasteiger partial charge on any atom is 0.248 e. The Morgan fingerprint density at radius 2 is 1.16 bits per heavy atom. The fourth-order valence-corrected chi connectivity index (χ4v) is 4.19. The van der Waals surface area contributed by atoms with E-state index in [0.717, 1.165) is 6.42 Å². The molecular weight excluding hydrogens is 408 g/mol. The number of rotatable bonds is 6. The third kappa shape index (κ3) is 5.32. The molecule has 0 aliphatic heterocycles. The Labute approximate surface area is 186 Å². The molecule has 1 aliphatic rings. The number of carbonyl (C=O) groups excluding carboxylic acids is 4. The second-order valence-electron chi connectivity index (χ2n) is 8.33. The smallest absolute Gasteiger partial charge is 0.248 e. The molecule has 1 aliphatic carbocycles. The number of nitrogens with two attached hydrogens (primary N) is 2. The molecule has 2 atom stereocenters. The van der Waals surface area contributed by atoms with E-state index in [1.54, 1.807) is 50.2 Å². The average Bonchev–Trinajstić information content (AvgIpc) is 2.73. The van der Waals surface area contributed by atoms with Gasteiger partial charge in [-0.25, -0.2) is 0 Å². The molecule has 0 radical (unpaired) electrons. The number of amides is 4. The van der Waals surface area contributed by atoms with E-state index in [4.69, 9.17) is 11.5 Å². The summed E-state index contributed by atoms with van der Waals surface area (Å²) in [5.74, 6) is -1.88. The maximum absolute atomic E-state index is 12.8. The lowest BCUT2D eigenvalue weighted by molar-refractivity contribution is -0.124. The molecule has 8 nitrogen and oxygen atoms in total. The Bertz CT molecular complexity index is 996. The number of anilines is 2. The highest BCUT2D eigenvalue weighted by molar-refractivity contribution is 5.98. The summed E-state index contributed by atoms with van der Waals surface area (Å²) in [6.45, 7) is 3.52. The minimum Gasteiger partial charge on any atom is -0.366 e. The summed E-state index contributed by atoms with van der Waals surface area (Å²) in [5.41, 5.74) is 14.0. The van der Waals surface area contributed by atoms with Gasteiger partial charge in [0, 0.05) is 34.3 Å². The summed E-state index contributed by atoms with van der Waals surface area (Å²) in [6.07, 6.45) is 2.64. The first-order chi connectivity index (χ1) is 15.2. The van der Waals surface area contributed by atoms with Crippen molar-refractivity contribution in [2.75, 3.05) is 10.6 Å². The van der Waals surface area contributed by atoms with Crippen molar-refractivity contribution >= 4 is 35.0 Å². The highest BCUT2D eigenvalue weighted by Gasteiger charge is 2.31. The Morgan fingerprint density at radius 1 is 0.750 bits per heavy atom. The van der Waals surface area contributed by atoms with Crippen LogP contribution in [0.25, 0.3) is 0 Å². The van der Waals surface area contributed by atoms with Crippen molar-refractivity contribution in [2.45, 2.75) is 39.5 Å². The summed E-state index contributed by atoms with van der Waals surface area (Å²) in [5, 5.41) is 5.77. The topological polar surface area (TPSA) is 144 Å². The molecule has 1 fully saturated rings. The van der Waals surface area contributed by atoms with Gasteiger partial charge in [-0.2, -0.15) is 0 Å². The Balaban J connectivity index is 1.62. The fourth-order valence-electron chi connectivity index (χ4n) is 4.19. The van der Waals surface area contributed by atoms with Crippen molar-refractivity contribution in [3.05, 3.63) is 58.7 Å². The third-order valence-electron chi connectivity index (χ3n) is 5.93. The van der Waals surface area contributed by atoms with Crippen molar-refractivity contribution in [3.63, 3.8) is 0 Å². The molecule has 2 unspecified atom stereocenters. The molecule has 3 rings (SSSR count). The molecule has 0 bridgehead atoms. The first kappa shape index (κ1) is 23.0. The van der Waals surface area contributed by atoms with E-state index in [0.29, 0.717) is 52.9 Å². The Hall–Kier alpha value is -3.68. The summed E-state index contributed by atoms with van der Waals surface area (Å²) >= 11 is 0. The summed E-state index contributed by atoms with van der Waals surface area (Å²) in [4.78, 5) is 48.3. The largest absolute Gasteiger partial charge is 0.366 e. The minimum atomic E-state index is -0.513.